The molecule has 2 aromatic rings. The van der Waals surface area contributed by atoms with Crippen LogP contribution in [0.4, 0.5) is 8.78 Å². The van der Waals surface area contributed by atoms with Gasteiger partial charge in [-0.3, -0.25) is 4.79 Å². The second kappa shape index (κ2) is 7.53. The average molecular weight is 309 g/mol. The molecule has 0 saturated carbocycles. The lowest BCUT2D eigenvalue weighted by Gasteiger charge is -2.17. The van der Waals surface area contributed by atoms with Crippen LogP contribution in [0.25, 0.3) is 0 Å². The smallest absolute Gasteiger partial charge is 0.387 e. The molecule has 0 aliphatic heterocycles. The van der Waals surface area contributed by atoms with E-state index in [2.05, 4.69) is 15.0 Å². The van der Waals surface area contributed by atoms with Gasteiger partial charge in [-0.1, -0.05) is 6.92 Å². The quantitative estimate of drug-likeness (QED) is 0.855. The fourth-order valence-electron chi connectivity index (χ4n) is 1.98. The number of benzene rings is 1. The highest BCUT2D eigenvalue weighted by molar-refractivity contribution is 5.94. The fraction of sp³-hybridized carbons (Fsp3) is 0.333. The molecule has 7 heteroatoms. The van der Waals surface area contributed by atoms with Gasteiger partial charge in [0.15, 0.2) is 0 Å². The number of nitrogens with zero attached hydrogens (tertiary/aromatic N) is 2. The third kappa shape index (κ3) is 4.54. The van der Waals surface area contributed by atoms with Crippen LogP contribution in [0.2, 0.25) is 0 Å². The van der Waals surface area contributed by atoms with E-state index in [0.29, 0.717) is 12.1 Å². The van der Waals surface area contributed by atoms with Crippen LogP contribution in [0.5, 0.6) is 5.75 Å². The van der Waals surface area contributed by atoms with Crippen LogP contribution in [0.15, 0.2) is 43.0 Å². The standard InChI is InChI=1S/C15H17F2N3O2/c1-2-12(9-20-8-7-18-10-20)19-14(21)11-3-5-13(6-4-11)22-15(16)17/h3-8,10,12,15H,2,9H2,1H3,(H,19,21)/t12-/m1/s1. The highest BCUT2D eigenvalue weighted by atomic mass is 19.3. The molecule has 1 aromatic carbocycles. The predicted octanol–water partition coefficient (Wildman–Crippen LogP) is 2.69. The number of alkyl halides is 2. The number of hydrogen-bond acceptors (Lipinski definition) is 3. The van der Waals surface area contributed by atoms with Gasteiger partial charge in [-0.15, -0.1) is 0 Å². The van der Waals surface area contributed by atoms with Crippen LogP contribution in [-0.4, -0.2) is 28.1 Å². The van der Waals surface area contributed by atoms with Crippen LogP contribution in [0.3, 0.4) is 0 Å². The van der Waals surface area contributed by atoms with Crippen molar-refractivity contribution in [3.63, 3.8) is 0 Å². The van der Waals surface area contributed by atoms with E-state index in [0.717, 1.165) is 6.42 Å². The Hall–Kier alpha value is -2.44. The van der Waals surface area contributed by atoms with Gasteiger partial charge in [0.2, 0.25) is 0 Å². The molecular weight excluding hydrogens is 292 g/mol. The van der Waals surface area contributed by atoms with E-state index in [1.807, 2.05) is 17.7 Å². The number of hydrogen-bond donors (Lipinski definition) is 1. The summed E-state index contributed by atoms with van der Waals surface area (Å²) in [5.41, 5.74) is 0.394. The Balaban J connectivity index is 1.95. The van der Waals surface area contributed by atoms with Crippen LogP contribution in [0.1, 0.15) is 23.7 Å². The molecule has 0 saturated heterocycles. The van der Waals surface area contributed by atoms with E-state index >= 15 is 0 Å². The van der Waals surface area contributed by atoms with Crippen molar-refractivity contribution in [3.8, 4) is 5.75 Å². The first-order chi connectivity index (χ1) is 10.6. The maximum Gasteiger partial charge on any atom is 0.387 e. The van der Waals surface area contributed by atoms with Crippen molar-refractivity contribution < 1.29 is 18.3 Å². The Bertz CT molecular complexity index is 585. The zero-order valence-electron chi connectivity index (χ0n) is 12.1. The van der Waals surface area contributed by atoms with Gasteiger partial charge in [0.1, 0.15) is 5.75 Å². The van der Waals surface area contributed by atoms with Crippen LogP contribution in [-0.2, 0) is 6.54 Å². The van der Waals surface area contributed by atoms with E-state index in [-0.39, 0.29) is 17.7 Å². The molecule has 0 aliphatic carbocycles. The molecule has 1 amide bonds. The second-order valence-electron chi connectivity index (χ2n) is 4.74. The predicted molar refractivity (Wildman–Crippen MR) is 76.8 cm³/mol. The molecule has 0 fully saturated rings. The number of carbonyl (C=O) groups is 1. The highest BCUT2D eigenvalue weighted by Crippen LogP contribution is 2.15. The number of aromatic nitrogens is 2. The molecule has 0 aliphatic rings. The third-order valence-corrected chi connectivity index (χ3v) is 3.16. The molecule has 0 spiro atoms. The Labute approximate surface area is 126 Å². The maximum atomic E-state index is 12.2. The van der Waals surface area contributed by atoms with Gasteiger partial charge in [-0.25, -0.2) is 4.98 Å². The van der Waals surface area contributed by atoms with E-state index in [1.165, 1.54) is 24.3 Å². The van der Waals surface area contributed by atoms with E-state index in [9.17, 15) is 13.6 Å². The first-order valence-corrected chi connectivity index (χ1v) is 6.90. The van der Waals surface area contributed by atoms with Crippen molar-refractivity contribution in [1.29, 1.82) is 0 Å². The molecule has 2 rings (SSSR count). The lowest BCUT2D eigenvalue weighted by molar-refractivity contribution is -0.0498. The number of halogens is 2. The highest BCUT2D eigenvalue weighted by Gasteiger charge is 2.13. The minimum atomic E-state index is -2.88. The summed E-state index contributed by atoms with van der Waals surface area (Å²) in [5, 5.41) is 2.90. The molecule has 22 heavy (non-hydrogen) atoms. The zero-order valence-corrected chi connectivity index (χ0v) is 12.1. The van der Waals surface area contributed by atoms with Crippen molar-refractivity contribution >= 4 is 5.91 Å². The lowest BCUT2D eigenvalue weighted by atomic mass is 10.1. The van der Waals surface area contributed by atoms with Crippen molar-refractivity contribution in [2.45, 2.75) is 32.5 Å². The first-order valence-electron chi connectivity index (χ1n) is 6.90. The SMILES string of the molecule is CC[C@H](Cn1ccnc1)NC(=O)c1ccc(OC(F)F)cc1. The number of amides is 1. The topological polar surface area (TPSA) is 56.2 Å². The van der Waals surface area contributed by atoms with Gasteiger partial charge in [0, 0.05) is 30.5 Å². The van der Waals surface area contributed by atoms with Crippen molar-refractivity contribution in [2.75, 3.05) is 0 Å². The zero-order chi connectivity index (χ0) is 15.9. The Morgan fingerprint density at radius 3 is 2.64 bits per heavy atom. The van der Waals surface area contributed by atoms with Crippen LogP contribution >= 0.6 is 0 Å². The molecule has 0 unspecified atom stereocenters. The summed E-state index contributed by atoms with van der Waals surface area (Å²) in [5.74, 6) is -0.229. The van der Waals surface area contributed by atoms with Crippen molar-refractivity contribution in [1.82, 2.24) is 14.9 Å². The summed E-state index contributed by atoms with van der Waals surface area (Å²) in [6, 6.07) is 5.56. The number of imidazole rings is 1. The number of nitrogens with one attached hydrogen (secondary N) is 1. The summed E-state index contributed by atoms with van der Waals surface area (Å²) >= 11 is 0. The largest absolute Gasteiger partial charge is 0.435 e. The van der Waals surface area contributed by atoms with Crippen molar-refractivity contribution in [3.05, 3.63) is 48.5 Å². The fourth-order valence-corrected chi connectivity index (χ4v) is 1.98. The molecule has 0 bridgehead atoms. The first kappa shape index (κ1) is 15.9. The molecule has 118 valence electrons. The van der Waals surface area contributed by atoms with E-state index in [1.54, 1.807) is 12.5 Å². The summed E-state index contributed by atoms with van der Waals surface area (Å²) < 4.78 is 30.3. The summed E-state index contributed by atoms with van der Waals surface area (Å²) in [6.45, 7) is -0.282. The van der Waals surface area contributed by atoms with E-state index < -0.39 is 6.61 Å². The Kier molecular flexibility index (Phi) is 5.46. The van der Waals surface area contributed by atoms with Gasteiger partial charge < -0.3 is 14.6 Å². The molecule has 5 nitrogen and oxygen atoms in total. The van der Waals surface area contributed by atoms with Crippen LogP contribution < -0.4 is 10.1 Å². The molecule has 1 atom stereocenters. The molecule has 1 heterocycles. The summed E-state index contributed by atoms with van der Waals surface area (Å²) in [6.07, 6.45) is 5.95. The molecule has 1 aromatic heterocycles. The monoisotopic (exact) mass is 309 g/mol. The molecule has 1 N–H and O–H groups in total. The lowest BCUT2D eigenvalue weighted by Crippen LogP contribution is -2.37. The van der Waals surface area contributed by atoms with Gasteiger partial charge in [-0.2, -0.15) is 8.78 Å². The number of rotatable bonds is 7. The van der Waals surface area contributed by atoms with Crippen LogP contribution in [0, 0.1) is 0 Å². The number of carbonyl (C=O) groups excluding carboxylic acids is 1. The minimum Gasteiger partial charge on any atom is -0.435 e. The second-order valence-corrected chi connectivity index (χ2v) is 4.74. The Morgan fingerprint density at radius 1 is 1.36 bits per heavy atom. The van der Waals surface area contributed by atoms with Crippen molar-refractivity contribution in [2.24, 2.45) is 0 Å². The van der Waals surface area contributed by atoms with Gasteiger partial charge in [0.25, 0.3) is 5.91 Å². The molecule has 0 radical (unpaired) electrons. The van der Waals surface area contributed by atoms with Gasteiger partial charge in [0.05, 0.1) is 6.33 Å². The molecular formula is C15H17F2N3O2. The normalized spacial score (nSPS) is 12.2. The summed E-state index contributed by atoms with van der Waals surface area (Å²) in [7, 11) is 0. The number of ether oxygens (including phenoxy) is 1. The van der Waals surface area contributed by atoms with Gasteiger partial charge in [-0.05, 0) is 30.7 Å². The summed E-state index contributed by atoms with van der Waals surface area (Å²) in [4.78, 5) is 16.1. The van der Waals surface area contributed by atoms with Gasteiger partial charge >= 0.3 is 6.61 Å². The average Bonchev–Trinajstić information content (AvgIpc) is 2.99. The van der Waals surface area contributed by atoms with E-state index in [4.69, 9.17) is 0 Å². The maximum absolute atomic E-state index is 12.2. The minimum absolute atomic E-state index is 0.0250. The Morgan fingerprint density at radius 2 is 2.09 bits per heavy atom. The third-order valence-electron chi connectivity index (χ3n) is 3.16.